The van der Waals surface area contributed by atoms with Crippen LogP contribution in [0.1, 0.15) is 23.4 Å². The average Bonchev–Trinajstić information content (AvgIpc) is 3.32. The van der Waals surface area contributed by atoms with E-state index in [-0.39, 0.29) is 5.91 Å². The molecule has 0 unspecified atom stereocenters. The monoisotopic (exact) mass is 408 g/mol. The van der Waals surface area contributed by atoms with E-state index in [9.17, 15) is 4.79 Å². The SMILES string of the molecule is Cc1nc2ncnn2c(C)c1CCC(=O)Nc1ccc(Sc2nncn2C)cc1. The van der Waals surface area contributed by atoms with E-state index in [2.05, 4.69) is 30.6 Å². The molecule has 0 aliphatic carbocycles. The van der Waals surface area contributed by atoms with Crippen molar-refractivity contribution in [2.24, 2.45) is 7.05 Å². The van der Waals surface area contributed by atoms with Gasteiger partial charge >= 0.3 is 0 Å². The molecule has 9 nitrogen and oxygen atoms in total. The number of carbonyl (C=O) groups excluding carboxylic acids is 1. The van der Waals surface area contributed by atoms with E-state index >= 15 is 0 Å². The first-order valence-corrected chi connectivity index (χ1v) is 9.90. The second-order valence-electron chi connectivity index (χ2n) is 6.63. The van der Waals surface area contributed by atoms with E-state index in [1.54, 1.807) is 10.8 Å². The number of aromatic nitrogens is 7. The van der Waals surface area contributed by atoms with Gasteiger partial charge in [0.05, 0.1) is 0 Å². The highest BCUT2D eigenvalue weighted by Crippen LogP contribution is 2.26. The molecule has 1 N–H and O–H groups in total. The second kappa shape index (κ2) is 8.00. The number of aryl methyl sites for hydroxylation is 3. The van der Waals surface area contributed by atoms with E-state index in [0.29, 0.717) is 18.6 Å². The zero-order valence-corrected chi connectivity index (χ0v) is 17.1. The van der Waals surface area contributed by atoms with Crippen LogP contribution in [-0.2, 0) is 18.3 Å². The molecular formula is C19H20N8OS. The van der Waals surface area contributed by atoms with Crippen LogP contribution in [0.3, 0.4) is 0 Å². The summed E-state index contributed by atoms with van der Waals surface area (Å²) in [5.74, 6) is 0.531. The van der Waals surface area contributed by atoms with Gasteiger partial charge in [-0.25, -0.2) is 9.50 Å². The Labute approximate surface area is 171 Å². The van der Waals surface area contributed by atoms with E-state index in [1.165, 1.54) is 18.1 Å². The van der Waals surface area contributed by atoms with E-state index < -0.39 is 0 Å². The van der Waals surface area contributed by atoms with Crippen LogP contribution in [-0.4, -0.2) is 40.3 Å². The van der Waals surface area contributed by atoms with Crippen LogP contribution in [0.15, 0.2) is 47.0 Å². The van der Waals surface area contributed by atoms with Gasteiger partial charge in [-0.1, -0.05) is 0 Å². The zero-order chi connectivity index (χ0) is 20.4. The Morgan fingerprint density at radius 3 is 2.72 bits per heavy atom. The number of hydrogen-bond acceptors (Lipinski definition) is 7. The summed E-state index contributed by atoms with van der Waals surface area (Å²) in [4.78, 5) is 22.0. The first-order chi connectivity index (χ1) is 14.0. The lowest BCUT2D eigenvalue weighted by Gasteiger charge is -2.11. The summed E-state index contributed by atoms with van der Waals surface area (Å²) in [5.41, 5.74) is 3.62. The fourth-order valence-electron chi connectivity index (χ4n) is 3.06. The number of rotatable bonds is 6. The van der Waals surface area contributed by atoms with Gasteiger partial charge in [-0.15, -0.1) is 10.2 Å². The van der Waals surface area contributed by atoms with Crippen LogP contribution in [0.4, 0.5) is 5.69 Å². The number of nitrogens with zero attached hydrogens (tertiary/aromatic N) is 7. The quantitative estimate of drug-likeness (QED) is 0.523. The summed E-state index contributed by atoms with van der Waals surface area (Å²) < 4.78 is 3.56. The van der Waals surface area contributed by atoms with Crippen LogP contribution in [0.2, 0.25) is 0 Å². The van der Waals surface area contributed by atoms with Crippen molar-refractivity contribution < 1.29 is 4.79 Å². The van der Waals surface area contributed by atoms with E-state index in [0.717, 1.165) is 32.7 Å². The molecular weight excluding hydrogens is 388 g/mol. The lowest BCUT2D eigenvalue weighted by Crippen LogP contribution is -2.14. The number of amides is 1. The molecule has 1 aromatic carbocycles. The molecule has 0 spiro atoms. The molecule has 29 heavy (non-hydrogen) atoms. The highest BCUT2D eigenvalue weighted by molar-refractivity contribution is 7.99. The summed E-state index contributed by atoms with van der Waals surface area (Å²) in [6, 6.07) is 7.67. The maximum Gasteiger partial charge on any atom is 0.252 e. The van der Waals surface area contributed by atoms with Crippen molar-refractivity contribution in [1.82, 2.24) is 34.3 Å². The Kier molecular flexibility index (Phi) is 5.26. The highest BCUT2D eigenvalue weighted by atomic mass is 32.2. The molecule has 0 atom stereocenters. The smallest absolute Gasteiger partial charge is 0.252 e. The fourth-order valence-corrected chi connectivity index (χ4v) is 3.82. The van der Waals surface area contributed by atoms with Gasteiger partial charge in [0.2, 0.25) is 5.91 Å². The number of hydrogen-bond donors (Lipinski definition) is 1. The van der Waals surface area contributed by atoms with Gasteiger partial charge < -0.3 is 9.88 Å². The molecule has 4 aromatic rings. The molecule has 1 amide bonds. The molecule has 0 aliphatic rings. The minimum atomic E-state index is -0.0452. The summed E-state index contributed by atoms with van der Waals surface area (Å²) in [7, 11) is 1.90. The topological polar surface area (TPSA) is 103 Å². The molecule has 3 heterocycles. The third-order valence-electron chi connectivity index (χ3n) is 4.61. The molecule has 0 fully saturated rings. The maximum atomic E-state index is 12.4. The molecule has 0 saturated heterocycles. The van der Waals surface area contributed by atoms with Gasteiger partial charge in [-0.05, 0) is 61.9 Å². The second-order valence-corrected chi connectivity index (χ2v) is 7.67. The van der Waals surface area contributed by atoms with E-state index in [4.69, 9.17) is 0 Å². The van der Waals surface area contributed by atoms with Gasteiger partial charge in [0, 0.05) is 35.4 Å². The van der Waals surface area contributed by atoms with Crippen molar-refractivity contribution >= 4 is 29.1 Å². The van der Waals surface area contributed by atoms with Crippen molar-refractivity contribution in [2.45, 2.75) is 36.7 Å². The predicted molar refractivity (Wildman–Crippen MR) is 109 cm³/mol. The van der Waals surface area contributed by atoms with Crippen LogP contribution in [0, 0.1) is 13.8 Å². The lowest BCUT2D eigenvalue weighted by molar-refractivity contribution is -0.116. The molecule has 0 radical (unpaired) electrons. The highest BCUT2D eigenvalue weighted by Gasteiger charge is 2.13. The maximum absolute atomic E-state index is 12.4. The summed E-state index contributed by atoms with van der Waals surface area (Å²) in [5, 5.41) is 15.9. The summed E-state index contributed by atoms with van der Waals surface area (Å²) in [6.07, 6.45) is 4.10. The molecule has 10 heteroatoms. The number of benzene rings is 1. The predicted octanol–water partition coefficient (Wildman–Crippen LogP) is 2.59. The Hall–Kier alpha value is -3.27. The first kappa shape index (κ1) is 19.1. The van der Waals surface area contributed by atoms with Crippen molar-refractivity contribution in [3.63, 3.8) is 0 Å². The van der Waals surface area contributed by atoms with Crippen molar-refractivity contribution in [3.8, 4) is 0 Å². The first-order valence-electron chi connectivity index (χ1n) is 9.09. The molecule has 0 aliphatic heterocycles. The van der Waals surface area contributed by atoms with Crippen molar-refractivity contribution in [1.29, 1.82) is 0 Å². The number of nitrogens with one attached hydrogen (secondary N) is 1. The minimum absolute atomic E-state index is 0.0452. The van der Waals surface area contributed by atoms with Crippen molar-refractivity contribution in [2.75, 3.05) is 5.32 Å². The lowest BCUT2D eigenvalue weighted by atomic mass is 10.1. The molecule has 3 aromatic heterocycles. The largest absolute Gasteiger partial charge is 0.326 e. The van der Waals surface area contributed by atoms with Crippen LogP contribution < -0.4 is 5.32 Å². The Morgan fingerprint density at radius 1 is 1.21 bits per heavy atom. The van der Waals surface area contributed by atoms with Crippen molar-refractivity contribution in [3.05, 3.63) is 53.9 Å². The normalized spacial score (nSPS) is 11.1. The Bertz CT molecular complexity index is 1160. The minimum Gasteiger partial charge on any atom is -0.326 e. The standard InChI is InChI=1S/C19H20N8OS/c1-12-16(13(2)27-18(23-12)20-10-22-27)8-9-17(28)24-14-4-6-15(7-5-14)29-19-25-21-11-26(19)3/h4-7,10-11H,8-9H2,1-3H3,(H,24,28). The Morgan fingerprint density at radius 2 is 2.00 bits per heavy atom. The Balaban J connectivity index is 1.37. The molecule has 4 rings (SSSR count). The van der Waals surface area contributed by atoms with Gasteiger partial charge in [-0.2, -0.15) is 10.1 Å². The molecule has 148 valence electrons. The molecule has 0 saturated carbocycles. The van der Waals surface area contributed by atoms with Crippen LogP contribution >= 0.6 is 11.8 Å². The summed E-state index contributed by atoms with van der Waals surface area (Å²) >= 11 is 1.52. The number of anilines is 1. The van der Waals surface area contributed by atoms with Gasteiger partial charge in [0.15, 0.2) is 5.16 Å². The van der Waals surface area contributed by atoms with Crippen LogP contribution in [0.25, 0.3) is 5.78 Å². The third kappa shape index (κ3) is 4.11. The van der Waals surface area contributed by atoms with Crippen LogP contribution in [0.5, 0.6) is 0 Å². The van der Waals surface area contributed by atoms with Gasteiger partial charge in [0.1, 0.15) is 12.7 Å². The van der Waals surface area contributed by atoms with E-state index in [1.807, 2.05) is 49.7 Å². The fraction of sp³-hybridized carbons (Fsp3) is 0.263. The molecule has 0 bridgehead atoms. The number of carbonyl (C=O) groups is 1. The third-order valence-corrected chi connectivity index (χ3v) is 5.67. The van der Waals surface area contributed by atoms with Gasteiger partial charge in [0.25, 0.3) is 5.78 Å². The average molecular weight is 408 g/mol. The van der Waals surface area contributed by atoms with Gasteiger partial charge in [-0.3, -0.25) is 4.79 Å². The summed E-state index contributed by atoms with van der Waals surface area (Å²) in [6.45, 7) is 3.90. The number of fused-ring (bicyclic) bond motifs is 1. The zero-order valence-electron chi connectivity index (χ0n) is 16.3.